The van der Waals surface area contributed by atoms with Crippen LogP contribution in [0.2, 0.25) is 0 Å². The normalized spacial score (nSPS) is 29.2. The van der Waals surface area contributed by atoms with E-state index in [1.165, 1.54) is 10.8 Å². The molecule has 2 aromatic rings. The number of carbonyl (C=O) groups is 1. The lowest BCUT2D eigenvalue weighted by Crippen LogP contribution is -2.50. The molecule has 4 atom stereocenters. The van der Waals surface area contributed by atoms with E-state index in [4.69, 9.17) is 4.98 Å². The number of carbonyl (C=O) groups excluding carboxylic acids is 1. The van der Waals surface area contributed by atoms with Crippen LogP contribution >= 0.6 is 0 Å². The number of piperidine rings is 1. The van der Waals surface area contributed by atoms with Gasteiger partial charge in [0.25, 0.3) is 0 Å². The molecule has 138 valence electrons. The molecule has 2 fully saturated rings. The van der Waals surface area contributed by atoms with Gasteiger partial charge in [-0.1, -0.05) is 38.1 Å². The van der Waals surface area contributed by atoms with Crippen LogP contribution in [-0.4, -0.2) is 41.0 Å². The van der Waals surface area contributed by atoms with Crippen LogP contribution < -0.4 is 10.9 Å². The Hall–Kier alpha value is -1.98. The van der Waals surface area contributed by atoms with Gasteiger partial charge in [-0.05, 0) is 36.6 Å². The number of nitrogens with one attached hydrogen (secondary N) is 2. The second-order valence-electron chi connectivity index (χ2n) is 7.72. The number of pyridine rings is 1. The third-order valence-corrected chi connectivity index (χ3v) is 6.09. The van der Waals surface area contributed by atoms with E-state index in [1.807, 2.05) is 17.2 Å². The Morgan fingerprint density at radius 2 is 2.08 bits per heavy atom. The molecule has 2 aliphatic rings. The van der Waals surface area contributed by atoms with Crippen molar-refractivity contribution in [3.05, 3.63) is 42.2 Å². The van der Waals surface area contributed by atoms with Crippen molar-refractivity contribution in [1.29, 1.82) is 0 Å². The molecule has 5 heteroatoms. The number of nitrogens with zero attached hydrogens (tertiary/aromatic N) is 2. The van der Waals surface area contributed by atoms with E-state index in [9.17, 15) is 4.79 Å². The van der Waals surface area contributed by atoms with Gasteiger partial charge in [0.2, 0.25) is 5.91 Å². The predicted octanol–water partition coefficient (Wildman–Crippen LogP) is 2.83. The number of hydrogen-bond acceptors (Lipinski definition) is 4. The second-order valence-corrected chi connectivity index (χ2v) is 7.72. The Morgan fingerprint density at radius 3 is 2.85 bits per heavy atom. The highest BCUT2D eigenvalue weighted by atomic mass is 16.2. The molecule has 2 N–H and O–H groups in total. The molecule has 0 spiro atoms. The first kappa shape index (κ1) is 17.4. The number of hydrogen-bond donors (Lipinski definition) is 2. The monoisotopic (exact) mass is 352 g/mol. The molecule has 1 aromatic heterocycles. The zero-order valence-corrected chi connectivity index (χ0v) is 15.6. The van der Waals surface area contributed by atoms with Crippen LogP contribution in [0.25, 0.3) is 10.8 Å². The van der Waals surface area contributed by atoms with E-state index in [0.29, 0.717) is 17.9 Å². The number of hydrazine groups is 1. The summed E-state index contributed by atoms with van der Waals surface area (Å²) in [6.45, 7) is 5.94. The fraction of sp³-hybridized carbons (Fsp3) is 0.524. The van der Waals surface area contributed by atoms with Gasteiger partial charge in [0, 0.05) is 42.3 Å². The van der Waals surface area contributed by atoms with Gasteiger partial charge in [0.15, 0.2) is 0 Å². The minimum atomic E-state index is -0.122. The van der Waals surface area contributed by atoms with Crippen molar-refractivity contribution in [3.8, 4) is 0 Å². The van der Waals surface area contributed by atoms with Crippen molar-refractivity contribution < 1.29 is 4.79 Å². The first-order valence-corrected chi connectivity index (χ1v) is 9.82. The van der Waals surface area contributed by atoms with E-state index < -0.39 is 0 Å². The molecule has 3 heterocycles. The van der Waals surface area contributed by atoms with E-state index in [-0.39, 0.29) is 11.9 Å². The number of amides is 1. The molecule has 0 aliphatic carbocycles. The SMILES string of the molecule is CCC1NNC(C(=O)N2CCCC(c3cc4ccccc4cn3)C2)C1C. The first-order chi connectivity index (χ1) is 12.7. The molecular weight excluding hydrogens is 324 g/mol. The lowest BCUT2D eigenvalue weighted by atomic mass is 9.90. The highest BCUT2D eigenvalue weighted by Gasteiger charge is 2.39. The third kappa shape index (κ3) is 3.21. The second kappa shape index (κ2) is 7.33. The van der Waals surface area contributed by atoms with Gasteiger partial charge >= 0.3 is 0 Å². The van der Waals surface area contributed by atoms with Crippen molar-refractivity contribution in [2.24, 2.45) is 5.92 Å². The third-order valence-electron chi connectivity index (χ3n) is 6.09. The van der Waals surface area contributed by atoms with E-state index >= 15 is 0 Å². The predicted molar refractivity (Wildman–Crippen MR) is 104 cm³/mol. The summed E-state index contributed by atoms with van der Waals surface area (Å²) >= 11 is 0. The fourth-order valence-electron chi connectivity index (χ4n) is 4.39. The molecule has 2 aliphatic heterocycles. The maximum Gasteiger partial charge on any atom is 0.241 e. The number of likely N-dealkylation sites (tertiary alicyclic amines) is 1. The number of fused-ring (bicyclic) bond motifs is 1. The first-order valence-electron chi connectivity index (χ1n) is 9.82. The summed E-state index contributed by atoms with van der Waals surface area (Å²) in [5.74, 6) is 0.863. The molecule has 0 radical (unpaired) electrons. The molecule has 4 rings (SSSR count). The maximum absolute atomic E-state index is 13.1. The summed E-state index contributed by atoms with van der Waals surface area (Å²) in [5, 5.41) is 2.39. The highest BCUT2D eigenvalue weighted by molar-refractivity contribution is 5.83. The quantitative estimate of drug-likeness (QED) is 0.892. The Morgan fingerprint density at radius 1 is 1.27 bits per heavy atom. The summed E-state index contributed by atoms with van der Waals surface area (Å²) in [4.78, 5) is 19.8. The molecule has 26 heavy (non-hydrogen) atoms. The fourth-order valence-corrected chi connectivity index (χ4v) is 4.39. The Balaban J connectivity index is 1.49. The van der Waals surface area contributed by atoms with Gasteiger partial charge in [0.1, 0.15) is 6.04 Å². The number of aromatic nitrogens is 1. The van der Waals surface area contributed by atoms with Crippen LogP contribution in [0, 0.1) is 5.92 Å². The summed E-state index contributed by atoms with van der Waals surface area (Å²) in [6, 6.07) is 10.8. The average Bonchev–Trinajstić information content (AvgIpc) is 3.07. The topological polar surface area (TPSA) is 57.3 Å². The summed E-state index contributed by atoms with van der Waals surface area (Å²) in [7, 11) is 0. The van der Waals surface area contributed by atoms with E-state index in [1.54, 1.807) is 0 Å². The molecule has 2 saturated heterocycles. The van der Waals surface area contributed by atoms with Gasteiger partial charge in [-0.25, -0.2) is 5.43 Å². The van der Waals surface area contributed by atoms with Gasteiger partial charge in [-0.15, -0.1) is 0 Å². The van der Waals surface area contributed by atoms with Gasteiger partial charge < -0.3 is 4.90 Å². The van der Waals surface area contributed by atoms with Crippen LogP contribution in [0.4, 0.5) is 0 Å². The Labute approximate surface area is 155 Å². The molecule has 0 bridgehead atoms. The van der Waals surface area contributed by atoms with Gasteiger partial charge in [-0.2, -0.15) is 0 Å². The Bertz CT molecular complexity index is 792. The molecule has 4 unspecified atom stereocenters. The van der Waals surface area contributed by atoms with Crippen molar-refractivity contribution >= 4 is 16.7 Å². The standard InChI is InChI=1S/C21H28N4O/c1-3-18-14(2)20(24-23-18)21(26)25-10-6-9-17(13-25)19-11-15-7-4-5-8-16(15)12-22-19/h4-5,7-8,11-12,14,17-18,20,23-24H,3,6,9-10,13H2,1-2H3. The summed E-state index contributed by atoms with van der Waals surface area (Å²) in [5.41, 5.74) is 7.62. The zero-order chi connectivity index (χ0) is 18.1. The molecular formula is C21H28N4O. The molecule has 0 saturated carbocycles. The van der Waals surface area contributed by atoms with E-state index in [0.717, 1.165) is 38.0 Å². The smallest absolute Gasteiger partial charge is 0.241 e. The average molecular weight is 352 g/mol. The molecule has 1 amide bonds. The summed E-state index contributed by atoms with van der Waals surface area (Å²) < 4.78 is 0. The summed E-state index contributed by atoms with van der Waals surface area (Å²) in [6.07, 6.45) is 5.12. The maximum atomic E-state index is 13.1. The van der Waals surface area contributed by atoms with Crippen LogP contribution in [0.5, 0.6) is 0 Å². The van der Waals surface area contributed by atoms with Crippen LogP contribution in [0.1, 0.15) is 44.7 Å². The number of benzene rings is 1. The lowest BCUT2D eigenvalue weighted by molar-refractivity contribution is -0.135. The number of rotatable bonds is 3. The minimum absolute atomic E-state index is 0.122. The van der Waals surface area contributed by atoms with Crippen molar-refractivity contribution in [1.82, 2.24) is 20.7 Å². The van der Waals surface area contributed by atoms with Crippen molar-refractivity contribution in [2.75, 3.05) is 13.1 Å². The van der Waals surface area contributed by atoms with Crippen LogP contribution in [-0.2, 0) is 4.79 Å². The minimum Gasteiger partial charge on any atom is -0.341 e. The molecule has 1 aromatic carbocycles. The van der Waals surface area contributed by atoms with E-state index in [2.05, 4.69) is 49.0 Å². The van der Waals surface area contributed by atoms with Gasteiger partial charge in [0.05, 0.1) is 0 Å². The lowest BCUT2D eigenvalue weighted by Gasteiger charge is -2.35. The van der Waals surface area contributed by atoms with Gasteiger partial charge in [-0.3, -0.25) is 15.2 Å². The Kier molecular flexibility index (Phi) is 4.92. The zero-order valence-electron chi connectivity index (χ0n) is 15.6. The van der Waals surface area contributed by atoms with Crippen molar-refractivity contribution in [3.63, 3.8) is 0 Å². The van der Waals surface area contributed by atoms with Crippen molar-refractivity contribution in [2.45, 2.75) is 51.1 Å². The van der Waals surface area contributed by atoms with Crippen LogP contribution in [0.15, 0.2) is 36.5 Å². The van der Waals surface area contributed by atoms with Crippen LogP contribution in [0.3, 0.4) is 0 Å². The largest absolute Gasteiger partial charge is 0.341 e. The molecule has 5 nitrogen and oxygen atoms in total. The highest BCUT2D eigenvalue weighted by Crippen LogP contribution is 2.29.